The number of hydrogen-bond acceptors (Lipinski definition) is 8. The number of amides is 1. The fraction of sp³-hybridized carbons (Fsp3) is 0.524. The van der Waals surface area contributed by atoms with E-state index in [9.17, 15) is 19.2 Å². The van der Waals surface area contributed by atoms with E-state index in [0.717, 1.165) is 0 Å². The van der Waals surface area contributed by atoms with Crippen LogP contribution in [0.5, 0.6) is 0 Å². The highest BCUT2D eigenvalue weighted by Crippen LogP contribution is 2.24. The van der Waals surface area contributed by atoms with Gasteiger partial charge in [0.2, 0.25) is 0 Å². The Morgan fingerprint density at radius 2 is 1.63 bits per heavy atom. The van der Waals surface area contributed by atoms with E-state index in [1.807, 2.05) is 0 Å². The topological polar surface area (TPSA) is 108 Å². The maximum atomic E-state index is 12.3. The summed E-state index contributed by atoms with van der Waals surface area (Å²) in [5.41, 5.74) is -1.05. The van der Waals surface area contributed by atoms with Crippen molar-refractivity contribution in [2.45, 2.75) is 27.7 Å². The van der Waals surface area contributed by atoms with Gasteiger partial charge in [-0.2, -0.15) is 0 Å². The number of cyclic esters (lactones) is 2. The van der Waals surface area contributed by atoms with E-state index in [0.29, 0.717) is 13.1 Å². The number of ether oxygens (including phenoxy) is 4. The van der Waals surface area contributed by atoms with Crippen molar-refractivity contribution >= 4 is 24.0 Å². The quantitative estimate of drug-likeness (QED) is 0.348. The van der Waals surface area contributed by atoms with Crippen LogP contribution < -0.4 is 0 Å². The van der Waals surface area contributed by atoms with Gasteiger partial charge in [-0.3, -0.25) is 0 Å². The second kappa shape index (κ2) is 11.2. The van der Waals surface area contributed by atoms with Crippen LogP contribution in [0.25, 0.3) is 0 Å². The molecular formula is C21H29NO8. The molecule has 166 valence electrons. The SMILES string of the molecule is C=C(C)C(=O)OCC1(COC(=O)N(CC)CC)COC(=O)C(=C)/C=C(/C)C(=O)OC1. The Morgan fingerprint density at radius 1 is 1.10 bits per heavy atom. The van der Waals surface area contributed by atoms with Crippen LogP contribution in [-0.4, -0.2) is 68.4 Å². The lowest BCUT2D eigenvalue weighted by Gasteiger charge is -2.32. The highest BCUT2D eigenvalue weighted by atomic mass is 16.6. The molecule has 0 spiro atoms. The number of hydrogen-bond donors (Lipinski definition) is 0. The molecule has 1 unspecified atom stereocenters. The number of esters is 3. The molecule has 0 aromatic carbocycles. The Hall–Kier alpha value is -3.10. The van der Waals surface area contributed by atoms with E-state index < -0.39 is 29.4 Å². The van der Waals surface area contributed by atoms with E-state index in [1.165, 1.54) is 24.8 Å². The Morgan fingerprint density at radius 3 is 2.17 bits per heavy atom. The third kappa shape index (κ3) is 7.06. The summed E-state index contributed by atoms with van der Waals surface area (Å²) < 4.78 is 21.2. The Balaban J connectivity index is 3.15. The van der Waals surface area contributed by atoms with Gasteiger partial charge in [-0.15, -0.1) is 0 Å². The zero-order valence-corrected chi connectivity index (χ0v) is 17.9. The zero-order chi connectivity index (χ0) is 22.9. The molecule has 1 rings (SSSR count). The van der Waals surface area contributed by atoms with Crippen molar-refractivity contribution in [1.82, 2.24) is 4.90 Å². The normalized spacial score (nSPS) is 21.5. The summed E-state index contributed by atoms with van der Waals surface area (Å²) in [6.07, 6.45) is 0.667. The van der Waals surface area contributed by atoms with E-state index in [-0.39, 0.29) is 43.1 Å². The smallest absolute Gasteiger partial charge is 0.409 e. The summed E-state index contributed by atoms with van der Waals surface area (Å²) in [6.45, 7) is 13.2. The van der Waals surface area contributed by atoms with Crippen LogP contribution in [0.3, 0.4) is 0 Å². The maximum Gasteiger partial charge on any atom is 0.409 e. The minimum absolute atomic E-state index is 0.0423. The van der Waals surface area contributed by atoms with Gasteiger partial charge in [0.15, 0.2) is 0 Å². The Bertz CT molecular complexity index is 750. The molecule has 9 nitrogen and oxygen atoms in total. The number of carbonyl (C=O) groups is 4. The van der Waals surface area contributed by atoms with Crippen LogP contribution >= 0.6 is 0 Å². The lowest BCUT2D eigenvalue weighted by atomic mass is 9.92. The molecule has 1 atom stereocenters. The van der Waals surface area contributed by atoms with E-state index in [4.69, 9.17) is 18.9 Å². The van der Waals surface area contributed by atoms with Crippen molar-refractivity contribution in [2.24, 2.45) is 5.41 Å². The largest absolute Gasteiger partial charge is 0.461 e. The van der Waals surface area contributed by atoms with Gasteiger partial charge in [0.05, 0.1) is 5.57 Å². The van der Waals surface area contributed by atoms with E-state index in [1.54, 1.807) is 13.8 Å². The lowest BCUT2D eigenvalue weighted by Crippen LogP contribution is -2.45. The highest BCUT2D eigenvalue weighted by molar-refractivity contribution is 5.95. The molecule has 0 aliphatic carbocycles. The summed E-state index contributed by atoms with van der Waals surface area (Å²) in [5, 5.41) is 0. The van der Waals surface area contributed by atoms with Crippen LogP contribution in [-0.2, 0) is 33.3 Å². The summed E-state index contributed by atoms with van der Waals surface area (Å²) in [7, 11) is 0. The Kier molecular flexibility index (Phi) is 9.29. The molecule has 0 aromatic rings. The molecule has 0 saturated heterocycles. The van der Waals surface area contributed by atoms with Crippen molar-refractivity contribution in [1.29, 1.82) is 0 Å². The molecule has 0 bridgehead atoms. The number of carbonyl (C=O) groups excluding carboxylic acids is 4. The summed E-state index contributed by atoms with van der Waals surface area (Å²) >= 11 is 0. The average Bonchev–Trinajstić information content (AvgIpc) is 2.71. The van der Waals surface area contributed by atoms with Gasteiger partial charge >= 0.3 is 24.0 Å². The summed E-state index contributed by atoms with van der Waals surface area (Å²) in [6, 6.07) is 0. The van der Waals surface area contributed by atoms with Crippen LogP contribution in [0.2, 0.25) is 0 Å². The maximum absolute atomic E-state index is 12.3. The second-order valence-electron chi connectivity index (χ2n) is 7.09. The van der Waals surface area contributed by atoms with Crippen LogP contribution in [0.4, 0.5) is 4.79 Å². The first-order valence-electron chi connectivity index (χ1n) is 9.51. The number of rotatable bonds is 7. The van der Waals surface area contributed by atoms with Gasteiger partial charge in [-0.1, -0.05) is 13.2 Å². The van der Waals surface area contributed by atoms with Gasteiger partial charge in [0.1, 0.15) is 31.8 Å². The molecule has 1 amide bonds. The molecule has 0 N–H and O–H groups in total. The van der Waals surface area contributed by atoms with Crippen molar-refractivity contribution in [3.63, 3.8) is 0 Å². The summed E-state index contributed by atoms with van der Waals surface area (Å²) in [4.78, 5) is 50.1. The van der Waals surface area contributed by atoms with Crippen molar-refractivity contribution in [3.05, 3.63) is 36.0 Å². The van der Waals surface area contributed by atoms with Gasteiger partial charge in [0.25, 0.3) is 0 Å². The molecule has 1 aliphatic rings. The fourth-order valence-electron chi connectivity index (χ4n) is 2.40. The first-order chi connectivity index (χ1) is 14.0. The molecule has 9 heteroatoms. The molecule has 30 heavy (non-hydrogen) atoms. The Labute approximate surface area is 176 Å². The van der Waals surface area contributed by atoms with Crippen molar-refractivity contribution in [2.75, 3.05) is 39.5 Å². The minimum atomic E-state index is -1.31. The second-order valence-corrected chi connectivity index (χ2v) is 7.09. The molecule has 0 radical (unpaired) electrons. The average molecular weight is 423 g/mol. The van der Waals surface area contributed by atoms with E-state index in [2.05, 4.69) is 13.2 Å². The van der Waals surface area contributed by atoms with Crippen molar-refractivity contribution in [3.8, 4) is 0 Å². The molecule has 0 fully saturated rings. The van der Waals surface area contributed by atoms with Crippen molar-refractivity contribution < 1.29 is 38.1 Å². The number of nitrogens with zero attached hydrogens (tertiary/aromatic N) is 1. The standard InChI is InChI=1S/C21H29NO8/c1-7-22(8-2)20(26)30-13-21(10-27-17(23)14(3)4)11-28-18(24)15(5)9-16(6)19(25)29-12-21/h9H,3,5,7-8,10-13H2,1-2,4,6H3/b16-9-. The molecule has 1 heterocycles. The van der Waals surface area contributed by atoms with Crippen LogP contribution in [0, 0.1) is 5.41 Å². The summed E-state index contributed by atoms with van der Waals surface area (Å²) in [5.74, 6) is -2.12. The predicted molar refractivity (Wildman–Crippen MR) is 107 cm³/mol. The van der Waals surface area contributed by atoms with Gasteiger partial charge in [0, 0.05) is 24.2 Å². The third-order valence-electron chi connectivity index (χ3n) is 4.38. The molecule has 0 saturated carbocycles. The van der Waals surface area contributed by atoms with Gasteiger partial charge in [-0.25, -0.2) is 19.2 Å². The third-order valence-corrected chi connectivity index (χ3v) is 4.38. The molecular weight excluding hydrogens is 394 g/mol. The molecule has 0 aromatic heterocycles. The van der Waals surface area contributed by atoms with Gasteiger partial charge < -0.3 is 23.8 Å². The zero-order valence-electron chi connectivity index (χ0n) is 17.9. The van der Waals surface area contributed by atoms with Gasteiger partial charge in [-0.05, 0) is 33.8 Å². The first kappa shape index (κ1) is 24.9. The monoisotopic (exact) mass is 423 g/mol. The fourth-order valence-corrected chi connectivity index (χ4v) is 2.40. The van der Waals surface area contributed by atoms with Crippen LogP contribution in [0.15, 0.2) is 36.0 Å². The minimum Gasteiger partial charge on any atom is -0.461 e. The molecule has 1 aliphatic heterocycles. The highest BCUT2D eigenvalue weighted by Gasteiger charge is 2.39. The first-order valence-corrected chi connectivity index (χ1v) is 9.51. The van der Waals surface area contributed by atoms with Crippen LogP contribution in [0.1, 0.15) is 27.7 Å². The predicted octanol–water partition coefficient (Wildman–Crippen LogP) is 2.17. The lowest BCUT2D eigenvalue weighted by molar-refractivity contribution is -0.161. The van der Waals surface area contributed by atoms with E-state index >= 15 is 0 Å².